The zero-order chi connectivity index (χ0) is 14.3. The zero-order valence-electron chi connectivity index (χ0n) is 10.9. The van der Waals surface area contributed by atoms with Gasteiger partial charge in [0.05, 0.1) is 12.6 Å². The molecular formula is C11H21N3O4. The standard InChI is InChI=1S/C11H21N3O4/c1-6(2)4-8(11(17)18)14-9(15)5-13-10(16)7(3)12/h6-8H,4-5,12H2,1-3H3,(H,13,16)(H,14,15)(H,17,18). The Morgan fingerprint density at radius 2 is 1.78 bits per heavy atom. The van der Waals surface area contributed by atoms with E-state index in [1.54, 1.807) is 0 Å². The molecule has 0 aromatic heterocycles. The lowest BCUT2D eigenvalue weighted by Crippen LogP contribution is -2.48. The SMILES string of the molecule is CC(C)CC(NC(=O)CNC(=O)C(C)N)C(=O)O. The maximum atomic E-state index is 11.4. The first kappa shape index (κ1) is 16.4. The minimum absolute atomic E-state index is 0.144. The van der Waals surface area contributed by atoms with Gasteiger partial charge in [-0.05, 0) is 19.3 Å². The lowest BCUT2D eigenvalue weighted by Gasteiger charge is -2.16. The summed E-state index contributed by atoms with van der Waals surface area (Å²) in [7, 11) is 0. The van der Waals surface area contributed by atoms with E-state index in [1.165, 1.54) is 6.92 Å². The maximum absolute atomic E-state index is 11.4. The minimum atomic E-state index is -1.09. The van der Waals surface area contributed by atoms with Crippen molar-refractivity contribution in [1.29, 1.82) is 0 Å². The van der Waals surface area contributed by atoms with Gasteiger partial charge in [0, 0.05) is 0 Å². The number of hydrogen-bond donors (Lipinski definition) is 4. The molecule has 0 aliphatic carbocycles. The number of rotatable bonds is 7. The van der Waals surface area contributed by atoms with Crippen LogP contribution in [0.5, 0.6) is 0 Å². The van der Waals surface area contributed by atoms with Crippen LogP contribution in [0.15, 0.2) is 0 Å². The summed E-state index contributed by atoms with van der Waals surface area (Å²) in [5, 5.41) is 13.6. The third-order valence-corrected chi connectivity index (χ3v) is 2.18. The Kier molecular flexibility index (Phi) is 6.96. The molecule has 18 heavy (non-hydrogen) atoms. The van der Waals surface area contributed by atoms with Gasteiger partial charge in [-0.1, -0.05) is 13.8 Å². The van der Waals surface area contributed by atoms with Crippen LogP contribution in [-0.2, 0) is 14.4 Å². The van der Waals surface area contributed by atoms with E-state index < -0.39 is 29.9 Å². The number of nitrogens with two attached hydrogens (primary N) is 1. The second-order valence-electron chi connectivity index (χ2n) is 4.59. The first-order valence-electron chi connectivity index (χ1n) is 5.79. The minimum Gasteiger partial charge on any atom is -0.480 e. The molecule has 0 heterocycles. The lowest BCUT2D eigenvalue weighted by atomic mass is 10.0. The normalized spacial score (nSPS) is 13.8. The second-order valence-corrected chi connectivity index (χ2v) is 4.59. The highest BCUT2D eigenvalue weighted by Gasteiger charge is 2.21. The summed E-state index contributed by atoms with van der Waals surface area (Å²) < 4.78 is 0. The highest BCUT2D eigenvalue weighted by atomic mass is 16.4. The van der Waals surface area contributed by atoms with Crippen LogP contribution < -0.4 is 16.4 Å². The molecular weight excluding hydrogens is 238 g/mol. The van der Waals surface area contributed by atoms with Crippen molar-refractivity contribution in [1.82, 2.24) is 10.6 Å². The number of aliphatic carboxylic acids is 1. The van der Waals surface area contributed by atoms with Crippen molar-refractivity contribution in [3.8, 4) is 0 Å². The predicted molar refractivity (Wildman–Crippen MR) is 65.7 cm³/mol. The molecule has 2 atom stereocenters. The Balaban J connectivity index is 4.18. The average Bonchev–Trinajstić information content (AvgIpc) is 2.23. The molecule has 0 radical (unpaired) electrons. The van der Waals surface area contributed by atoms with E-state index >= 15 is 0 Å². The molecule has 0 aliphatic heterocycles. The molecule has 7 nitrogen and oxygen atoms in total. The van der Waals surface area contributed by atoms with E-state index in [-0.39, 0.29) is 12.5 Å². The van der Waals surface area contributed by atoms with Gasteiger partial charge in [-0.2, -0.15) is 0 Å². The van der Waals surface area contributed by atoms with Gasteiger partial charge in [-0.25, -0.2) is 4.79 Å². The van der Waals surface area contributed by atoms with Gasteiger partial charge >= 0.3 is 5.97 Å². The monoisotopic (exact) mass is 259 g/mol. The highest BCUT2D eigenvalue weighted by molar-refractivity contribution is 5.89. The largest absolute Gasteiger partial charge is 0.480 e. The number of carbonyl (C=O) groups excluding carboxylic acids is 2. The summed E-state index contributed by atoms with van der Waals surface area (Å²) in [6, 6.07) is -1.64. The Labute approximate surface area is 106 Å². The first-order valence-corrected chi connectivity index (χ1v) is 5.79. The second kappa shape index (κ2) is 7.65. The molecule has 0 rings (SSSR count). The molecule has 2 amide bonds. The summed E-state index contributed by atoms with van der Waals surface area (Å²) in [6.45, 7) is 4.94. The van der Waals surface area contributed by atoms with Crippen molar-refractivity contribution >= 4 is 17.8 Å². The van der Waals surface area contributed by atoms with Crippen LogP contribution in [0.25, 0.3) is 0 Å². The van der Waals surface area contributed by atoms with Gasteiger partial charge in [0.25, 0.3) is 0 Å². The van der Waals surface area contributed by atoms with Crippen LogP contribution in [-0.4, -0.2) is 41.5 Å². The van der Waals surface area contributed by atoms with E-state index in [1.807, 2.05) is 13.8 Å². The smallest absolute Gasteiger partial charge is 0.326 e. The van der Waals surface area contributed by atoms with Crippen molar-refractivity contribution in [2.75, 3.05) is 6.54 Å². The number of carboxylic acid groups (broad SMARTS) is 1. The highest BCUT2D eigenvalue weighted by Crippen LogP contribution is 2.04. The summed E-state index contributed by atoms with van der Waals surface area (Å²) >= 11 is 0. The van der Waals surface area contributed by atoms with E-state index in [4.69, 9.17) is 10.8 Å². The third-order valence-electron chi connectivity index (χ3n) is 2.18. The van der Waals surface area contributed by atoms with E-state index in [2.05, 4.69) is 10.6 Å². The van der Waals surface area contributed by atoms with Gasteiger partial charge < -0.3 is 21.5 Å². The van der Waals surface area contributed by atoms with Crippen LogP contribution in [0.3, 0.4) is 0 Å². The van der Waals surface area contributed by atoms with Crippen molar-refractivity contribution < 1.29 is 19.5 Å². The van der Waals surface area contributed by atoms with Crippen LogP contribution in [0.2, 0.25) is 0 Å². The molecule has 104 valence electrons. The predicted octanol–water partition coefficient (Wildman–Crippen LogP) is -0.935. The van der Waals surface area contributed by atoms with E-state index in [0.29, 0.717) is 6.42 Å². The Morgan fingerprint density at radius 3 is 2.17 bits per heavy atom. The molecule has 0 saturated carbocycles. The fraction of sp³-hybridized carbons (Fsp3) is 0.727. The van der Waals surface area contributed by atoms with Gasteiger partial charge in [0.1, 0.15) is 6.04 Å². The number of carbonyl (C=O) groups is 3. The van der Waals surface area contributed by atoms with Crippen LogP contribution in [0, 0.1) is 5.92 Å². The Morgan fingerprint density at radius 1 is 1.22 bits per heavy atom. The van der Waals surface area contributed by atoms with Gasteiger partial charge in [-0.3, -0.25) is 9.59 Å². The molecule has 0 spiro atoms. The molecule has 0 aliphatic rings. The lowest BCUT2D eigenvalue weighted by molar-refractivity contribution is -0.142. The molecule has 0 aromatic carbocycles. The molecule has 2 unspecified atom stereocenters. The molecule has 0 saturated heterocycles. The summed E-state index contributed by atoms with van der Waals surface area (Å²) in [4.78, 5) is 33.4. The van der Waals surface area contributed by atoms with Crippen molar-refractivity contribution in [2.24, 2.45) is 11.7 Å². The molecule has 7 heteroatoms. The quantitative estimate of drug-likeness (QED) is 0.470. The average molecular weight is 259 g/mol. The number of carboxylic acids is 1. The van der Waals surface area contributed by atoms with Gasteiger partial charge in [0.15, 0.2) is 0 Å². The van der Waals surface area contributed by atoms with E-state index in [0.717, 1.165) is 0 Å². The summed E-state index contributed by atoms with van der Waals surface area (Å²) in [5.41, 5.74) is 5.30. The molecule has 0 bridgehead atoms. The number of nitrogens with one attached hydrogen (secondary N) is 2. The zero-order valence-corrected chi connectivity index (χ0v) is 10.9. The fourth-order valence-electron chi connectivity index (χ4n) is 1.27. The van der Waals surface area contributed by atoms with Crippen LogP contribution in [0.4, 0.5) is 0 Å². The summed E-state index contributed by atoms with van der Waals surface area (Å²) in [5.74, 6) is -1.95. The van der Waals surface area contributed by atoms with Crippen LogP contribution >= 0.6 is 0 Å². The molecule has 0 fully saturated rings. The number of amides is 2. The van der Waals surface area contributed by atoms with Gasteiger partial charge in [-0.15, -0.1) is 0 Å². The van der Waals surface area contributed by atoms with Crippen molar-refractivity contribution in [2.45, 2.75) is 39.3 Å². The third kappa shape index (κ3) is 6.85. The van der Waals surface area contributed by atoms with Crippen molar-refractivity contribution in [3.05, 3.63) is 0 Å². The van der Waals surface area contributed by atoms with Crippen molar-refractivity contribution in [3.63, 3.8) is 0 Å². The Bertz CT molecular complexity index is 315. The van der Waals surface area contributed by atoms with Gasteiger partial charge in [0.2, 0.25) is 11.8 Å². The fourth-order valence-corrected chi connectivity index (χ4v) is 1.27. The van der Waals surface area contributed by atoms with E-state index in [9.17, 15) is 14.4 Å². The molecule has 0 aromatic rings. The maximum Gasteiger partial charge on any atom is 0.326 e. The Hall–Kier alpha value is -1.63. The topological polar surface area (TPSA) is 122 Å². The summed E-state index contributed by atoms with van der Waals surface area (Å²) in [6.07, 6.45) is 0.336. The number of hydrogen-bond acceptors (Lipinski definition) is 4. The van der Waals surface area contributed by atoms with Crippen LogP contribution in [0.1, 0.15) is 27.2 Å². The molecule has 5 N–H and O–H groups in total. The first-order chi connectivity index (χ1) is 8.23.